The molecule has 0 aliphatic rings. The van der Waals surface area contributed by atoms with E-state index in [1.807, 2.05) is 0 Å². The van der Waals surface area contributed by atoms with Gasteiger partial charge >= 0.3 is 5.97 Å². The number of halogens is 2. The van der Waals surface area contributed by atoms with Crippen LogP contribution in [-0.2, 0) is 9.53 Å². The van der Waals surface area contributed by atoms with Crippen LogP contribution >= 0.6 is 15.9 Å². The highest BCUT2D eigenvalue weighted by Gasteiger charge is 2.21. The number of hydrogen-bond acceptors (Lipinski definition) is 4. The van der Waals surface area contributed by atoms with Gasteiger partial charge in [0.1, 0.15) is 11.6 Å². The number of rotatable bonds is 5. The zero-order valence-electron chi connectivity index (χ0n) is 13.0. The van der Waals surface area contributed by atoms with Crippen LogP contribution in [0.4, 0.5) is 10.1 Å². The van der Waals surface area contributed by atoms with Gasteiger partial charge in [-0.1, -0.05) is 22.0 Å². The first kappa shape index (κ1) is 17.9. The molecule has 1 atom stereocenters. The molecule has 0 bridgehead atoms. The second kappa shape index (κ2) is 7.92. The summed E-state index contributed by atoms with van der Waals surface area (Å²) in [5.41, 5.74) is 0.260. The van der Waals surface area contributed by atoms with Gasteiger partial charge in [-0.15, -0.1) is 0 Å². The molecule has 1 amide bonds. The third-order valence-electron chi connectivity index (χ3n) is 3.14. The second-order valence-corrected chi connectivity index (χ2v) is 5.81. The van der Waals surface area contributed by atoms with Crippen molar-refractivity contribution in [3.8, 4) is 5.75 Å². The lowest BCUT2D eigenvalue weighted by atomic mass is 10.2. The molecule has 7 heteroatoms. The molecule has 0 unspecified atom stereocenters. The number of amides is 1. The summed E-state index contributed by atoms with van der Waals surface area (Å²) in [5.74, 6) is -1.59. The quantitative estimate of drug-likeness (QED) is 0.782. The summed E-state index contributed by atoms with van der Waals surface area (Å²) in [7, 11) is 1.51. The summed E-state index contributed by atoms with van der Waals surface area (Å²) in [5, 5.41) is 2.60. The number of hydrogen-bond donors (Lipinski definition) is 1. The Balaban J connectivity index is 2.01. The Morgan fingerprint density at radius 1 is 1.21 bits per heavy atom. The van der Waals surface area contributed by atoms with Crippen LogP contribution in [0, 0.1) is 5.82 Å². The second-order valence-electron chi connectivity index (χ2n) is 4.89. The Hall–Kier alpha value is -2.41. The Kier molecular flexibility index (Phi) is 5.92. The first-order valence-corrected chi connectivity index (χ1v) is 7.81. The summed E-state index contributed by atoms with van der Waals surface area (Å²) >= 11 is 3.10. The van der Waals surface area contributed by atoms with Gasteiger partial charge in [-0.3, -0.25) is 4.79 Å². The predicted octanol–water partition coefficient (Wildman–Crippen LogP) is 3.78. The Labute approximate surface area is 146 Å². The monoisotopic (exact) mass is 395 g/mol. The molecule has 5 nitrogen and oxygen atoms in total. The maximum absolute atomic E-state index is 13.7. The number of nitrogens with one attached hydrogen (secondary N) is 1. The molecule has 0 saturated heterocycles. The van der Waals surface area contributed by atoms with Crippen molar-refractivity contribution in [3.63, 3.8) is 0 Å². The van der Waals surface area contributed by atoms with E-state index in [0.29, 0.717) is 15.9 Å². The summed E-state index contributed by atoms with van der Waals surface area (Å²) in [6, 6.07) is 10.7. The number of ether oxygens (including phenoxy) is 2. The molecule has 0 spiro atoms. The minimum absolute atomic E-state index is 0.237. The standard InChI is InChI=1S/C17H15BrFNO4/c1-10(16(21)20-12-4-3-5-13(9-12)23-2)24-17(22)14-7-6-11(18)8-15(14)19/h3-10H,1-2H3,(H,20,21)/t10-/m1/s1. The van der Waals surface area contributed by atoms with Gasteiger partial charge in [-0.05, 0) is 37.3 Å². The summed E-state index contributed by atoms with van der Waals surface area (Å²) in [6.07, 6.45) is -1.09. The molecule has 0 aromatic heterocycles. The van der Waals surface area contributed by atoms with Gasteiger partial charge in [0.25, 0.3) is 5.91 Å². The fraction of sp³-hybridized carbons (Fsp3) is 0.176. The van der Waals surface area contributed by atoms with Crippen molar-refractivity contribution >= 4 is 33.5 Å². The first-order valence-electron chi connectivity index (χ1n) is 7.01. The topological polar surface area (TPSA) is 64.6 Å². The minimum Gasteiger partial charge on any atom is -0.497 e. The van der Waals surface area contributed by atoms with E-state index in [9.17, 15) is 14.0 Å². The number of carbonyl (C=O) groups is 2. The van der Waals surface area contributed by atoms with Gasteiger partial charge in [-0.2, -0.15) is 0 Å². The minimum atomic E-state index is -1.09. The highest BCUT2D eigenvalue weighted by atomic mass is 79.9. The number of benzene rings is 2. The first-order chi connectivity index (χ1) is 11.4. The Morgan fingerprint density at radius 2 is 1.96 bits per heavy atom. The van der Waals surface area contributed by atoms with Crippen molar-refractivity contribution in [1.29, 1.82) is 0 Å². The van der Waals surface area contributed by atoms with Crippen LogP contribution in [0.5, 0.6) is 5.75 Å². The molecule has 2 aromatic rings. The van der Waals surface area contributed by atoms with Crippen LogP contribution in [0.3, 0.4) is 0 Å². The van der Waals surface area contributed by atoms with Crippen LogP contribution in [0.25, 0.3) is 0 Å². The fourth-order valence-corrected chi connectivity index (χ4v) is 2.21. The molecule has 0 saturated carbocycles. The molecule has 1 N–H and O–H groups in total. The largest absolute Gasteiger partial charge is 0.497 e. The average Bonchev–Trinajstić information content (AvgIpc) is 2.54. The van der Waals surface area contributed by atoms with E-state index >= 15 is 0 Å². The van der Waals surface area contributed by atoms with Crippen LogP contribution in [-0.4, -0.2) is 25.1 Å². The van der Waals surface area contributed by atoms with Gasteiger partial charge in [-0.25, -0.2) is 9.18 Å². The highest BCUT2D eigenvalue weighted by Crippen LogP contribution is 2.18. The third-order valence-corrected chi connectivity index (χ3v) is 3.63. The zero-order valence-corrected chi connectivity index (χ0v) is 14.6. The number of anilines is 1. The van der Waals surface area contributed by atoms with Crippen LogP contribution in [0.2, 0.25) is 0 Å². The SMILES string of the molecule is COc1cccc(NC(=O)[C@@H](C)OC(=O)c2ccc(Br)cc2F)c1. The van der Waals surface area contributed by atoms with Crippen molar-refractivity contribution in [1.82, 2.24) is 0 Å². The molecule has 2 aromatic carbocycles. The molecule has 0 heterocycles. The van der Waals surface area contributed by atoms with Crippen LogP contribution in [0.15, 0.2) is 46.9 Å². The molecule has 0 aliphatic heterocycles. The van der Waals surface area contributed by atoms with E-state index in [4.69, 9.17) is 9.47 Å². The molecular formula is C17H15BrFNO4. The lowest BCUT2D eigenvalue weighted by molar-refractivity contribution is -0.123. The highest BCUT2D eigenvalue weighted by molar-refractivity contribution is 9.10. The Morgan fingerprint density at radius 3 is 2.62 bits per heavy atom. The van der Waals surface area contributed by atoms with Gasteiger partial charge < -0.3 is 14.8 Å². The van der Waals surface area contributed by atoms with Gasteiger partial charge in [0.15, 0.2) is 6.10 Å². The summed E-state index contributed by atoms with van der Waals surface area (Å²) in [4.78, 5) is 24.1. The van der Waals surface area contributed by atoms with Gasteiger partial charge in [0.05, 0.1) is 12.7 Å². The van der Waals surface area contributed by atoms with E-state index in [1.54, 1.807) is 24.3 Å². The van der Waals surface area contributed by atoms with Crippen molar-refractivity contribution in [2.24, 2.45) is 0 Å². The van der Waals surface area contributed by atoms with Gasteiger partial charge in [0, 0.05) is 16.2 Å². The molecule has 24 heavy (non-hydrogen) atoms. The van der Waals surface area contributed by atoms with Crippen molar-refractivity contribution in [2.45, 2.75) is 13.0 Å². The fourth-order valence-electron chi connectivity index (χ4n) is 1.88. The van der Waals surface area contributed by atoms with Crippen LogP contribution in [0.1, 0.15) is 17.3 Å². The Bertz CT molecular complexity index is 766. The van der Waals surface area contributed by atoms with E-state index in [1.165, 1.54) is 26.2 Å². The van der Waals surface area contributed by atoms with Crippen LogP contribution < -0.4 is 10.1 Å². The number of methoxy groups -OCH3 is 1. The van der Waals surface area contributed by atoms with E-state index in [2.05, 4.69) is 21.2 Å². The lowest BCUT2D eigenvalue weighted by Crippen LogP contribution is -2.30. The molecule has 0 aliphatic carbocycles. The van der Waals surface area contributed by atoms with E-state index < -0.39 is 23.8 Å². The predicted molar refractivity (Wildman–Crippen MR) is 90.6 cm³/mol. The maximum Gasteiger partial charge on any atom is 0.341 e. The summed E-state index contributed by atoms with van der Waals surface area (Å²) in [6.45, 7) is 1.41. The molecule has 2 rings (SSSR count). The molecule has 0 fully saturated rings. The number of esters is 1. The third kappa shape index (κ3) is 4.55. The average molecular weight is 396 g/mol. The zero-order chi connectivity index (χ0) is 17.7. The maximum atomic E-state index is 13.7. The normalized spacial score (nSPS) is 11.5. The molecule has 0 radical (unpaired) electrons. The van der Waals surface area contributed by atoms with Gasteiger partial charge in [0.2, 0.25) is 0 Å². The van der Waals surface area contributed by atoms with Crippen molar-refractivity contribution < 1.29 is 23.5 Å². The van der Waals surface area contributed by atoms with Crippen molar-refractivity contribution in [2.75, 3.05) is 12.4 Å². The number of carbonyl (C=O) groups excluding carboxylic acids is 2. The van der Waals surface area contributed by atoms with E-state index in [0.717, 1.165) is 6.07 Å². The smallest absolute Gasteiger partial charge is 0.341 e. The van der Waals surface area contributed by atoms with E-state index in [-0.39, 0.29) is 5.56 Å². The van der Waals surface area contributed by atoms with Crippen molar-refractivity contribution in [3.05, 3.63) is 58.3 Å². The molecular weight excluding hydrogens is 381 g/mol. The summed E-state index contributed by atoms with van der Waals surface area (Å²) < 4.78 is 24.3. The molecule has 126 valence electrons. The lowest BCUT2D eigenvalue weighted by Gasteiger charge is -2.14.